The first-order valence-electron chi connectivity index (χ1n) is 18.2. The van der Waals surface area contributed by atoms with Crippen LogP contribution in [0, 0.1) is 0 Å². The van der Waals surface area contributed by atoms with Gasteiger partial charge in [0.05, 0.1) is 22.8 Å². The molecule has 6 N–H and O–H groups in total. The van der Waals surface area contributed by atoms with E-state index in [-0.39, 0.29) is 33.3 Å². The van der Waals surface area contributed by atoms with Crippen LogP contribution in [0.1, 0.15) is 54.9 Å². The number of phenols is 1. The zero-order valence-corrected chi connectivity index (χ0v) is 30.5. The molecule has 0 unspecified atom stereocenters. The van der Waals surface area contributed by atoms with E-state index in [4.69, 9.17) is 0 Å². The van der Waals surface area contributed by atoms with Crippen molar-refractivity contribution >= 4 is 33.7 Å². The van der Waals surface area contributed by atoms with E-state index < -0.39 is 12.2 Å². The number of phenolic OH excluding ortho intramolecular Hbond substituents is 1. The lowest BCUT2D eigenvalue weighted by molar-refractivity contribution is 0.176. The molecule has 1 aliphatic rings. The van der Waals surface area contributed by atoms with Gasteiger partial charge in [0.2, 0.25) is 5.56 Å². The van der Waals surface area contributed by atoms with E-state index in [1.54, 1.807) is 17.0 Å². The minimum absolute atomic E-state index is 0. The molecule has 0 aliphatic heterocycles. The number of carbonyl (C=O) groups is 1. The van der Waals surface area contributed by atoms with Gasteiger partial charge in [-0.15, -0.1) is 5.10 Å². The van der Waals surface area contributed by atoms with Crippen molar-refractivity contribution in [2.24, 2.45) is 0 Å². The van der Waals surface area contributed by atoms with Crippen LogP contribution in [-0.2, 0) is 19.5 Å². The second kappa shape index (κ2) is 18.1. The number of anilines is 1. The van der Waals surface area contributed by atoms with Crippen LogP contribution in [0.4, 0.5) is 19.9 Å². The Labute approximate surface area is 316 Å². The van der Waals surface area contributed by atoms with Crippen molar-refractivity contribution in [3.05, 3.63) is 118 Å². The van der Waals surface area contributed by atoms with Crippen molar-refractivity contribution in [1.29, 1.82) is 0 Å². The van der Waals surface area contributed by atoms with E-state index in [0.717, 1.165) is 77.5 Å². The number of aliphatic hydroxyl groups excluding tert-OH is 1. The number of H-pyrrole nitrogens is 1. The van der Waals surface area contributed by atoms with E-state index in [9.17, 15) is 24.9 Å². The number of hydrogen-bond acceptors (Lipinski definition) is 8. The van der Waals surface area contributed by atoms with Crippen LogP contribution in [0.5, 0.6) is 5.75 Å². The second-order valence-electron chi connectivity index (χ2n) is 13.8. The van der Waals surface area contributed by atoms with Gasteiger partial charge in [-0.05, 0) is 98.2 Å². The molecule has 0 saturated heterocycles. The number of fused-ring (bicyclic) bond motifs is 2. The molecule has 1 fully saturated rings. The van der Waals surface area contributed by atoms with E-state index in [0.29, 0.717) is 35.6 Å². The van der Waals surface area contributed by atoms with Gasteiger partial charge in [-0.3, -0.25) is 19.1 Å². The van der Waals surface area contributed by atoms with Gasteiger partial charge in [0.25, 0.3) is 0 Å². The maximum absolute atomic E-state index is 12.8. The van der Waals surface area contributed by atoms with Crippen molar-refractivity contribution in [2.75, 3.05) is 18.5 Å². The number of aryl methyl sites for hydroxylation is 2. The molecule has 1 saturated carbocycles. The second-order valence-corrected chi connectivity index (χ2v) is 13.8. The first-order valence-corrected chi connectivity index (χ1v) is 18.2. The Morgan fingerprint density at radius 1 is 0.964 bits per heavy atom. The highest BCUT2D eigenvalue weighted by atomic mass is 19.0. The number of benzene rings is 4. The Bertz CT molecular complexity index is 2280. The number of rotatable bonds is 13. The van der Waals surface area contributed by atoms with Gasteiger partial charge in [-0.1, -0.05) is 59.8 Å². The molecule has 4 aromatic carbocycles. The first-order chi connectivity index (χ1) is 25.8. The van der Waals surface area contributed by atoms with Crippen LogP contribution >= 0.6 is 0 Å². The quantitative estimate of drug-likeness (QED) is 0.0779. The summed E-state index contributed by atoms with van der Waals surface area (Å²) in [5, 5.41) is 47.7. The number of aromatic nitrogens is 4. The van der Waals surface area contributed by atoms with Gasteiger partial charge in [0.1, 0.15) is 11.3 Å². The van der Waals surface area contributed by atoms with Gasteiger partial charge in [0.15, 0.2) is 0 Å². The Balaban J connectivity index is 0.00000290. The van der Waals surface area contributed by atoms with Crippen LogP contribution in [0.3, 0.4) is 0 Å². The van der Waals surface area contributed by atoms with Crippen LogP contribution < -0.4 is 21.1 Å². The summed E-state index contributed by atoms with van der Waals surface area (Å²) in [7, 11) is 1.97. The third kappa shape index (κ3) is 8.99. The third-order valence-corrected chi connectivity index (χ3v) is 10.4. The van der Waals surface area contributed by atoms with E-state index in [1.807, 2.05) is 60.3 Å². The predicted molar refractivity (Wildman–Crippen MR) is 211 cm³/mol. The molecule has 12 nitrogen and oxygen atoms in total. The lowest BCUT2D eigenvalue weighted by atomic mass is 9.89. The Morgan fingerprint density at radius 2 is 1.73 bits per heavy atom. The summed E-state index contributed by atoms with van der Waals surface area (Å²) in [5.74, 6) is -0.0464. The monoisotopic (exact) mass is 755 g/mol. The number of aromatic hydroxyl groups is 1. The fourth-order valence-corrected chi connectivity index (χ4v) is 7.61. The summed E-state index contributed by atoms with van der Waals surface area (Å²) >= 11 is 0. The van der Waals surface area contributed by atoms with Crippen LogP contribution in [0.2, 0.25) is 0 Å². The molecule has 1 amide bonds. The summed E-state index contributed by atoms with van der Waals surface area (Å²) < 4.78 is 1.90. The number of aliphatic hydroxyl groups is 1. The standard InChI is InChI=1S/C41H45N7O5.2FH/c1-42-29-11-13-30(14-12-29)48(41(52)53)36-23-26(9-15-31(36)28-7-3-2-4-8-28)6-5-21-47-35-18-10-27(22-34(35)45-46-47)24-43-25-38(50)32-16-19-37(49)40-33(32)17-20-39(51)44-40;;/h2-4,7-10,15-20,22-23,29-30,38,42-43,49-50H,5-6,11-14,21,24-25H2,1H3,(H,44,51)(H,52,53);2*1H/t29?,30?,38-;;/m1../s1. The van der Waals surface area contributed by atoms with E-state index in [1.165, 1.54) is 12.1 Å². The van der Waals surface area contributed by atoms with Gasteiger partial charge in [0, 0.05) is 48.7 Å². The number of hydrogen-bond donors (Lipinski definition) is 6. The van der Waals surface area contributed by atoms with E-state index >= 15 is 0 Å². The Morgan fingerprint density at radius 3 is 2.47 bits per heavy atom. The van der Waals surface area contributed by atoms with Crippen molar-refractivity contribution in [3.8, 4) is 16.9 Å². The molecule has 1 aliphatic carbocycles. The van der Waals surface area contributed by atoms with Gasteiger partial charge in [-0.25, -0.2) is 9.48 Å². The summed E-state index contributed by atoms with van der Waals surface area (Å²) in [6, 6.07) is 28.7. The molecule has 1 atom stereocenters. The minimum Gasteiger partial charge on any atom is -0.506 e. The summed E-state index contributed by atoms with van der Waals surface area (Å²) in [6.07, 6.45) is 3.29. The molecule has 2 heterocycles. The average Bonchev–Trinajstić information content (AvgIpc) is 3.58. The zero-order chi connectivity index (χ0) is 36.9. The molecule has 6 aromatic rings. The molecule has 2 aromatic heterocycles. The third-order valence-electron chi connectivity index (χ3n) is 10.4. The molecule has 290 valence electrons. The number of aromatic amines is 1. The van der Waals surface area contributed by atoms with Gasteiger partial charge < -0.3 is 30.9 Å². The summed E-state index contributed by atoms with van der Waals surface area (Å²) in [4.78, 5) is 28.8. The Hall–Kier alpha value is -5.70. The molecule has 0 bridgehead atoms. The molecular formula is C41H47F2N7O5. The lowest BCUT2D eigenvalue weighted by Gasteiger charge is -2.36. The zero-order valence-electron chi connectivity index (χ0n) is 30.5. The van der Waals surface area contributed by atoms with Crippen molar-refractivity contribution < 1.29 is 29.5 Å². The van der Waals surface area contributed by atoms with Crippen LogP contribution in [-0.4, -0.2) is 67.1 Å². The number of halogens is 2. The van der Waals surface area contributed by atoms with Gasteiger partial charge >= 0.3 is 6.09 Å². The van der Waals surface area contributed by atoms with E-state index in [2.05, 4.69) is 44.1 Å². The lowest BCUT2D eigenvalue weighted by Crippen LogP contribution is -2.44. The number of pyridine rings is 1. The number of carboxylic acid groups (broad SMARTS) is 1. The van der Waals surface area contributed by atoms with Crippen molar-refractivity contribution in [1.82, 2.24) is 30.6 Å². The van der Waals surface area contributed by atoms with Crippen LogP contribution in [0.15, 0.2) is 95.8 Å². The van der Waals surface area contributed by atoms with Crippen molar-refractivity contribution in [2.45, 2.75) is 69.8 Å². The molecule has 0 radical (unpaired) electrons. The number of nitrogens with one attached hydrogen (secondary N) is 3. The molecule has 7 rings (SSSR count). The number of amides is 1. The minimum atomic E-state index is -0.920. The fourth-order valence-electron chi connectivity index (χ4n) is 7.61. The average molecular weight is 756 g/mol. The van der Waals surface area contributed by atoms with Crippen LogP contribution in [0.25, 0.3) is 33.1 Å². The smallest absolute Gasteiger partial charge is 0.412 e. The first kappa shape index (κ1) is 40.5. The predicted octanol–water partition coefficient (Wildman–Crippen LogP) is 6.42. The normalized spacial score (nSPS) is 16.0. The summed E-state index contributed by atoms with van der Waals surface area (Å²) in [5.41, 5.74) is 7.00. The molecule has 55 heavy (non-hydrogen) atoms. The van der Waals surface area contributed by atoms with Gasteiger partial charge in [-0.2, -0.15) is 0 Å². The summed E-state index contributed by atoms with van der Waals surface area (Å²) in [6.45, 7) is 1.41. The highest BCUT2D eigenvalue weighted by Gasteiger charge is 2.31. The largest absolute Gasteiger partial charge is 0.506 e. The topological polar surface area (TPSA) is 169 Å². The Kier molecular flexibility index (Phi) is 13.3. The highest BCUT2D eigenvalue weighted by molar-refractivity contribution is 5.94. The maximum Gasteiger partial charge on any atom is 0.412 e. The maximum atomic E-state index is 12.8. The molecular weight excluding hydrogens is 708 g/mol. The number of nitrogens with zero attached hydrogens (tertiary/aromatic N) is 4. The molecule has 14 heteroatoms. The fraction of sp³-hybridized carbons (Fsp3) is 0.317. The van der Waals surface area contributed by atoms with Crippen molar-refractivity contribution in [3.63, 3.8) is 0 Å². The SMILES string of the molecule is CNC1CCC(N(C(=O)O)c2cc(CCCn3nnc4cc(CNC[C@@H](O)c5ccc(O)c6[nH]c(=O)ccc56)ccc43)ccc2-c2ccccc2)CC1.F.F. The molecule has 0 spiro atoms. The highest BCUT2D eigenvalue weighted by Crippen LogP contribution is 2.37.